The van der Waals surface area contributed by atoms with Crippen LogP contribution in [0.4, 0.5) is 0 Å². The predicted octanol–water partition coefficient (Wildman–Crippen LogP) is 1.14. The molecule has 0 aliphatic heterocycles. The van der Waals surface area contributed by atoms with E-state index in [9.17, 15) is 4.79 Å². The summed E-state index contributed by atoms with van der Waals surface area (Å²) in [7, 11) is 0. The van der Waals surface area contributed by atoms with Gasteiger partial charge in [0, 0.05) is 36.3 Å². The number of hydrogen-bond acceptors (Lipinski definition) is 4. The number of amides is 1. The minimum Gasteiger partial charge on any atom is -0.370 e. The van der Waals surface area contributed by atoms with Crippen LogP contribution < -0.4 is 11.1 Å². The molecule has 0 spiro atoms. The molecule has 2 heterocycles. The van der Waals surface area contributed by atoms with Crippen molar-refractivity contribution in [3.63, 3.8) is 0 Å². The fourth-order valence-corrected chi connectivity index (χ4v) is 2.41. The van der Waals surface area contributed by atoms with Crippen LogP contribution >= 0.6 is 11.3 Å². The smallest absolute Gasteiger partial charge is 0.219 e. The number of carbonyl (C=O) groups is 1. The van der Waals surface area contributed by atoms with Crippen LogP contribution in [0.25, 0.3) is 4.96 Å². The fourth-order valence-electron chi connectivity index (χ4n) is 1.69. The zero-order chi connectivity index (χ0) is 12.5. The Kier molecular flexibility index (Phi) is 3.17. The Morgan fingerprint density at radius 1 is 1.65 bits per heavy atom. The molecule has 2 aromatic rings. The van der Waals surface area contributed by atoms with Gasteiger partial charge in [0.1, 0.15) is 0 Å². The molecule has 2 aromatic heterocycles. The molecule has 0 unspecified atom stereocenters. The maximum absolute atomic E-state index is 10.9. The Hall–Kier alpha value is -1.40. The monoisotopic (exact) mass is 252 g/mol. The van der Waals surface area contributed by atoms with Gasteiger partial charge < -0.3 is 11.1 Å². The topological polar surface area (TPSA) is 72.4 Å². The van der Waals surface area contributed by atoms with Gasteiger partial charge in [-0.05, 0) is 13.8 Å². The summed E-state index contributed by atoms with van der Waals surface area (Å²) in [4.78, 5) is 16.3. The number of hydrogen-bond donors (Lipinski definition) is 2. The summed E-state index contributed by atoms with van der Waals surface area (Å²) in [5, 5.41) is 5.28. The number of nitrogens with two attached hydrogens (primary N) is 1. The van der Waals surface area contributed by atoms with Crippen LogP contribution in [0.2, 0.25) is 0 Å². The Morgan fingerprint density at radius 3 is 3.06 bits per heavy atom. The lowest BCUT2D eigenvalue weighted by molar-refractivity contribution is -0.119. The Labute approximate surface area is 104 Å². The van der Waals surface area contributed by atoms with Crippen molar-refractivity contribution in [2.24, 2.45) is 5.73 Å². The molecule has 0 aromatic carbocycles. The van der Waals surface area contributed by atoms with E-state index in [4.69, 9.17) is 5.73 Å². The van der Waals surface area contributed by atoms with Gasteiger partial charge in [-0.3, -0.25) is 9.20 Å². The van der Waals surface area contributed by atoms with E-state index in [1.54, 1.807) is 11.3 Å². The van der Waals surface area contributed by atoms with Gasteiger partial charge in [0.15, 0.2) is 4.96 Å². The number of aromatic nitrogens is 2. The number of nitrogens with zero attached hydrogens (tertiary/aromatic N) is 2. The Morgan fingerprint density at radius 2 is 2.41 bits per heavy atom. The SMILES string of the molecule is CC(C)(CC(N)=O)NCc1cn2ccsc2n1. The van der Waals surface area contributed by atoms with Gasteiger partial charge in [-0.25, -0.2) is 4.98 Å². The normalized spacial score (nSPS) is 12.1. The molecule has 0 aliphatic rings. The number of primary amides is 1. The first-order valence-electron chi connectivity index (χ1n) is 5.41. The summed E-state index contributed by atoms with van der Waals surface area (Å²) in [6.07, 6.45) is 4.28. The molecule has 17 heavy (non-hydrogen) atoms. The summed E-state index contributed by atoms with van der Waals surface area (Å²) >= 11 is 1.60. The maximum atomic E-state index is 10.9. The first-order valence-corrected chi connectivity index (χ1v) is 6.29. The number of thiazole rings is 1. The number of nitrogens with one attached hydrogen (secondary N) is 1. The Bertz CT molecular complexity index is 500. The molecule has 2 rings (SSSR count). The molecular weight excluding hydrogens is 236 g/mol. The highest BCUT2D eigenvalue weighted by Gasteiger charge is 2.20. The highest BCUT2D eigenvalue weighted by Crippen LogP contribution is 2.13. The fraction of sp³-hybridized carbons (Fsp3) is 0.455. The van der Waals surface area contributed by atoms with Crippen molar-refractivity contribution in [2.45, 2.75) is 32.4 Å². The lowest BCUT2D eigenvalue weighted by Gasteiger charge is -2.24. The average Bonchev–Trinajstić information content (AvgIpc) is 2.71. The molecule has 3 N–H and O–H groups in total. The van der Waals surface area contributed by atoms with Crippen molar-refractivity contribution in [2.75, 3.05) is 0 Å². The van der Waals surface area contributed by atoms with Crippen molar-refractivity contribution < 1.29 is 4.79 Å². The van der Waals surface area contributed by atoms with Crippen LogP contribution in [0, 0.1) is 0 Å². The lowest BCUT2D eigenvalue weighted by atomic mass is 10.0. The summed E-state index contributed by atoms with van der Waals surface area (Å²) in [5.41, 5.74) is 5.86. The molecule has 0 atom stereocenters. The second-order valence-electron chi connectivity index (χ2n) is 4.71. The van der Waals surface area contributed by atoms with E-state index in [1.165, 1.54) is 0 Å². The van der Waals surface area contributed by atoms with Gasteiger partial charge in [-0.15, -0.1) is 11.3 Å². The van der Waals surface area contributed by atoms with Crippen LogP contribution in [0.3, 0.4) is 0 Å². The highest BCUT2D eigenvalue weighted by molar-refractivity contribution is 7.15. The predicted molar refractivity (Wildman–Crippen MR) is 67.8 cm³/mol. The minimum absolute atomic E-state index is 0.298. The zero-order valence-corrected chi connectivity index (χ0v) is 10.8. The molecule has 0 fully saturated rings. The molecule has 0 radical (unpaired) electrons. The maximum Gasteiger partial charge on any atom is 0.219 e. The molecule has 0 aliphatic carbocycles. The summed E-state index contributed by atoms with van der Waals surface area (Å²) in [6, 6.07) is 0. The van der Waals surface area contributed by atoms with E-state index in [1.807, 2.05) is 36.0 Å². The summed E-state index contributed by atoms with van der Waals surface area (Å²) in [5.74, 6) is -0.298. The zero-order valence-electron chi connectivity index (χ0n) is 9.93. The van der Waals surface area contributed by atoms with E-state index in [-0.39, 0.29) is 11.4 Å². The van der Waals surface area contributed by atoms with Gasteiger partial charge in [0.2, 0.25) is 5.91 Å². The average molecular weight is 252 g/mol. The number of fused-ring (bicyclic) bond motifs is 1. The Balaban J connectivity index is 1.98. The van der Waals surface area contributed by atoms with Crippen molar-refractivity contribution in [3.05, 3.63) is 23.5 Å². The molecule has 0 saturated carbocycles. The third-order valence-electron chi connectivity index (χ3n) is 2.51. The molecule has 1 amide bonds. The number of imidazole rings is 1. The minimum atomic E-state index is -0.303. The molecule has 0 bridgehead atoms. The second kappa shape index (κ2) is 4.46. The van der Waals surface area contributed by atoms with Crippen LogP contribution in [-0.4, -0.2) is 20.8 Å². The number of carbonyl (C=O) groups excluding carboxylic acids is 1. The van der Waals surface area contributed by atoms with Gasteiger partial charge >= 0.3 is 0 Å². The van der Waals surface area contributed by atoms with E-state index >= 15 is 0 Å². The van der Waals surface area contributed by atoms with E-state index in [0.29, 0.717) is 13.0 Å². The molecule has 5 nitrogen and oxygen atoms in total. The van der Waals surface area contributed by atoms with Crippen LogP contribution in [0.1, 0.15) is 26.0 Å². The van der Waals surface area contributed by atoms with Crippen LogP contribution in [-0.2, 0) is 11.3 Å². The van der Waals surface area contributed by atoms with Gasteiger partial charge in [0.05, 0.1) is 5.69 Å². The molecule has 0 saturated heterocycles. The van der Waals surface area contributed by atoms with Crippen molar-refractivity contribution in [3.8, 4) is 0 Å². The van der Waals surface area contributed by atoms with Gasteiger partial charge in [-0.1, -0.05) is 0 Å². The molecular formula is C11H16N4OS. The quantitative estimate of drug-likeness (QED) is 0.838. The van der Waals surface area contributed by atoms with E-state index in [2.05, 4.69) is 10.3 Å². The first-order chi connectivity index (χ1) is 7.96. The lowest BCUT2D eigenvalue weighted by Crippen LogP contribution is -2.42. The largest absolute Gasteiger partial charge is 0.370 e. The van der Waals surface area contributed by atoms with Gasteiger partial charge in [0.25, 0.3) is 0 Å². The highest BCUT2D eigenvalue weighted by atomic mass is 32.1. The molecule has 6 heteroatoms. The molecule has 92 valence electrons. The summed E-state index contributed by atoms with van der Waals surface area (Å²) in [6.45, 7) is 4.54. The summed E-state index contributed by atoms with van der Waals surface area (Å²) < 4.78 is 1.99. The van der Waals surface area contributed by atoms with E-state index < -0.39 is 0 Å². The second-order valence-corrected chi connectivity index (χ2v) is 5.58. The van der Waals surface area contributed by atoms with Crippen molar-refractivity contribution >= 4 is 22.2 Å². The standard InChI is InChI=1S/C11H16N4OS/c1-11(2,5-9(12)16)13-6-8-7-15-3-4-17-10(15)14-8/h3-4,7,13H,5-6H2,1-2H3,(H2,12,16). The van der Waals surface area contributed by atoms with Crippen LogP contribution in [0.15, 0.2) is 17.8 Å². The van der Waals surface area contributed by atoms with Crippen molar-refractivity contribution in [1.82, 2.24) is 14.7 Å². The number of rotatable bonds is 5. The van der Waals surface area contributed by atoms with Gasteiger partial charge in [-0.2, -0.15) is 0 Å². The van der Waals surface area contributed by atoms with E-state index in [0.717, 1.165) is 10.7 Å². The van der Waals surface area contributed by atoms with Crippen LogP contribution in [0.5, 0.6) is 0 Å². The third kappa shape index (κ3) is 3.04. The first kappa shape index (κ1) is 12.1. The third-order valence-corrected chi connectivity index (χ3v) is 3.28. The van der Waals surface area contributed by atoms with Crippen molar-refractivity contribution in [1.29, 1.82) is 0 Å².